The van der Waals surface area contributed by atoms with Crippen LogP contribution in [0.5, 0.6) is 0 Å². The van der Waals surface area contributed by atoms with Crippen molar-refractivity contribution in [1.82, 2.24) is 4.90 Å². The SMILES string of the molecule is CC1(C)CCN(CC(C)(N)C(N)=O)CC1. The van der Waals surface area contributed by atoms with E-state index in [0.717, 1.165) is 25.9 Å². The van der Waals surface area contributed by atoms with Gasteiger partial charge in [-0.3, -0.25) is 4.79 Å². The van der Waals surface area contributed by atoms with Crippen molar-refractivity contribution in [1.29, 1.82) is 0 Å². The van der Waals surface area contributed by atoms with Crippen LogP contribution in [-0.4, -0.2) is 36.0 Å². The molecule has 1 rings (SSSR count). The van der Waals surface area contributed by atoms with E-state index in [1.54, 1.807) is 6.92 Å². The van der Waals surface area contributed by atoms with Crippen molar-refractivity contribution in [2.24, 2.45) is 16.9 Å². The Labute approximate surface area is 92.0 Å². The summed E-state index contributed by atoms with van der Waals surface area (Å²) in [6.07, 6.45) is 2.31. The second kappa shape index (κ2) is 4.10. The molecule has 1 atom stereocenters. The summed E-state index contributed by atoms with van der Waals surface area (Å²) in [5.74, 6) is -0.424. The zero-order valence-electron chi connectivity index (χ0n) is 10.0. The Morgan fingerprint density at radius 2 is 1.87 bits per heavy atom. The van der Waals surface area contributed by atoms with Gasteiger partial charge < -0.3 is 16.4 Å². The van der Waals surface area contributed by atoms with Crippen molar-refractivity contribution in [3.63, 3.8) is 0 Å². The Balaban J connectivity index is 2.46. The largest absolute Gasteiger partial charge is 0.368 e. The Bertz CT molecular complexity index is 238. The van der Waals surface area contributed by atoms with Gasteiger partial charge in [-0.1, -0.05) is 13.8 Å². The van der Waals surface area contributed by atoms with Crippen LogP contribution in [0.25, 0.3) is 0 Å². The van der Waals surface area contributed by atoms with Crippen molar-refractivity contribution >= 4 is 5.91 Å². The van der Waals surface area contributed by atoms with Crippen molar-refractivity contribution in [2.75, 3.05) is 19.6 Å². The first-order valence-electron chi connectivity index (χ1n) is 5.54. The predicted molar refractivity (Wildman–Crippen MR) is 61.2 cm³/mol. The van der Waals surface area contributed by atoms with Gasteiger partial charge in [-0.05, 0) is 38.3 Å². The monoisotopic (exact) mass is 213 g/mol. The zero-order chi connectivity index (χ0) is 11.7. The van der Waals surface area contributed by atoms with Crippen LogP contribution in [0.15, 0.2) is 0 Å². The minimum atomic E-state index is -0.901. The maximum absolute atomic E-state index is 11.1. The summed E-state index contributed by atoms with van der Waals surface area (Å²) < 4.78 is 0. The molecule has 1 amide bonds. The van der Waals surface area contributed by atoms with Gasteiger partial charge in [0.2, 0.25) is 5.91 Å². The normalized spacial score (nSPS) is 25.9. The number of nitrogens with two attached hydrogens (primary N) is 2. The van der Waals surface area contributed by atoms with Crippen molar-refractivity contribution in [3.8, 4) is 0 Å². The minimum absolute atomic E-state index is 0.424. The number of hydrogen-bond acceptors (Lipinski definition) is 3. The molecule has 4 heteroatoms. The number of rotatable bonds is 3. The Hall–Kier alpha value is -0.610. The molecule has 0 aromatic rings. The number of amides is 1. The molecule has 0 aromatic carbocycles. The van der Waals surface area contributed by atoms with Crippen molar-refractivity contribution < 1.29 is 4.79 Å². The van der Waals surface area contributed by atoms with E-state index in [-0.39, 0.29) is 0 Å². The molecular formula is C11H23N3O. The van der Waals surface area contributed by atoms with Gasteiger partial charge in [0.25, 0.3) is 0 Å². The first kappa shape index (κ1) is 12.5. The molecule has 4 nitrogen and oxygen atoms in total. The molecular weight excluding hydrogens is 190 g/mol. The minimum Gasteiger partial charge on any atom is -0.368 e. The van der Waals surface area contributed by atoms with E-state index in [2.05, 4.69) is 18.7 Å². The van der Waals surface area contributed by atoms with Crippen LogP contribution in [0.4, 0.5) is 0 Å². The Kier molecular flexibility index (Phi) is 3.41. The van der Waals surface area contributed by atoms with Gasteiger partial charge in [-0.15, -0.1) is 0 Å². The number of likely N-dealkylation sites (tertiary alicyclic amines) is 1. The second-order valence-electron chi connectivity index (χ2n) is 5.72. The van der Waals surface area contributed by atoms with E-state index in [4.69, 9.17) is 11.5 Å². The highest BCUT2D eigenvalue weighted by molar-refractivity contribution is 5.84. The summed E-state index contributed by atoms with van der Waals surface area (Å²) in [6.45, 7) is 8.84. The van der Waals surface area contributed by atoms with Crippen LogP contribution >= 0.6 is 0 Å². The van der Waals surface area contributed by atoms with Crippen LogP contribution in [0.3, 0.4) is 0 Å². The van der Waals surface area contributed by atoms with Gasteiger partial charge in [-0.25, -0.2) is 0 Å². The molecule has 4 N–H and O–H groups in total. The van der Waals surface area contributed by atoms with Crippen LogP contribution in [0.1, 0.15) is 33.6 Å². The van der Waals surface area contributed by atoms with E-state index in [0.29, 0.717) is 12.0 Å². The first-order valence-corrected chi connectivity index (χ1v) is 5.54. The highest BCUT2D eigenvalue weighted by Crippen LogP contribution is 2.29. The number of nitrogens with zero attached hydrogens (tertiary/aromatic N) is 1. The van der Waals surface area contributed by atoms with E-state index in [9.17, 15) is 4.79 Å². The molecule has 1 saturated heterocycles. The van der Waals surface area contributed by atoms with Gasteiger partial charge >= 0.3 is 0 Å². The third-order valence-electron chi connectivity index (χ3n) is 3.32. The second-order valence-corrected chi connectivity index (χ2v) is 5.72. The van der Waals surface area contributed by atoms with Crippen molar-refractivity contribution in [3.05, 3.63) is 0 Å². The molecule has 0 aromatic heterocycles. The molecule has 1 heterocycles. The fourth-order valence-corrected chi connectivity index (χ4v) is 1.86. The summed E-state index contributed by atoms with van der Waals surface area (Å²) in [6, 6.07) is 0. The van der Waals surface area contributed by atoms with Crippen LogP contribution in [0, 0.1) is 5.41 Å². The number of carbonyl (C=O) groups is 1. The number of hydrogen-bond donors (Lipinski definition) is 2. The van der Waals surface area contributed by atoms with Gasteiger partial charge in [0.05, 0.1) is 0 Å². The van der Waals surface area contributed by atoms with Gasteiger partial charge in [-0.2, -0.15) is 0 Å². The molecule has 1 unspecified atom stereocenters. The van der Waals surface area contributed by atoms with Crippen LogP contribution in [-0.2, 0) is 4.79 Å². The molecule has 0 spiro atoms. The van der Waals surface area contributed by atoms with E-state index < -0.39 is 11.4 Å². The van der Waals surface area contributed by atoms with Crippen LogP contribution in [0.2, 0.25) is 0 Å². The molecule has 1 aliphatic heterocycles. The fourth-order valence-electron chi connectivity index (χ4n) is 1.86. The lowest BCUT2D eigenvalue weighted by atomic mass is 9.82. The lowest BCUT2D eigenvalue weighted by Crippen LogP contribution is -2.58. The molecule has 0 bridgehead atoms. The number of piperidine rings is 1. The number of carbonyl (C=O) groups excluding carboxylic acids is 1. The van der Waals surface area contributed by atoms with E-state index in [1.807, 2.05) is 0 Å². The summed E-state index contributed by atoms with van der Waals surface area (Å²) in [5.41, 5.74) is 10.6. The lowest BCUT2D eigenvalue weighted by Gasteiger charge is -2.39. The molecule has 0 saturated carbocycles. The summed E-state index contributed by atoms with van der Waals surface area (Å²) in [4.78, 5) is 13.3. The average Bonchev–Trinajstić information content (AvgIpc) is 2.08. The van der Waals surface area contributed by atoms with Crippen LogP contribution < -0.4 is 11.5 Å². The topological polar surface area (TPSA) is 72.3 Å². The maximum atomic E-state index is 11.1. The molecule has 0 radical (unpaired) electrons. The lowest BCUT2D eigenvalue weighted by molar-refractivity contribution is -0.123. The predicted octanol–water partition coefficient (Wildman–Crippen LogP) is 0.311. The average molecular weight is 213 g/mol. The maximum Gasteiger partial charge on any atom is 0.238 e. The first-order chi connectivity index (χ1) is 6.73. The highest BCUT2D eigenvalue weighted by atomic mass is 16.1. The fraction of sp³-hybridized carbons (Fsp3) is 0.909. The summed E-state index contributed by atoms with van der Waals surface area (Å²) in [5, 5.41) is 0. The third kappa shape index (κ3) is 3.47. The van der Waals surface area contributed by atoms with Gasteiger partial charge in [0, 0.05) is 6.54 Å². The highest BCUT2D eigenvalue weighted by Gasteiger charge is 2.32. The van der Waals surface area contributed by atoms with E-state index >= 15 is 0 Å². The molecule has 15 heavy (non-hydrogen) atoms. The standard InChI is InChI=1S/C11H23N3O/c1-10(2)4-6-14(7-5-10)8-11(3,13)9(12)15/h4-8,13H2,1-3H3,(H2,12,15). The zero-order valence-corrected chi connectivity index (χ0v) is 10.0. The third-order valence-corrected chi connectivity index (χ3v) is 3.32. The smallest absolute Gasteiger partial charge is 0.238 e. The summed E-state index contributed by atoms with van der Waals surface area (Å²) in [7, 11) is 0. The molecule has 1 aliphatic rings. The van der Waals surface area contributed by atoms with E-state index in [1.165, 1.54) is 0 Å². The van der Waals surface area contributed by atoms with Gasteiger partial charge in [0.1, 0.15) is 5.54 Å². The Morgan fingerprint density at radius 1 is 1.40 bits per heavy atom. The Morgan fingerprint density at radius 3 is 2.27 bits per heavy atom. The molecule has 0 aliphatic carbocycles. The quantitative estimate of drug-likeness (QED) is 0.708. The van der Waals surface area contributed by atoms with Crippen molar-refractivity contribution in [2.45, 2.75) is 39.2 Å². The molecule has 88 valence electrons. The molecule has 1 fully saturated rings. The van der Waals surface area contributed by atoms with Gasteiger partial charge in [0.15, 0.2) is 0 Å². The number of primary amides is 1. The summed E-state index contributed by atoms with van der Waals surface area (Å²) >= 11 is 0.